The van der Waals surface area contributed by atoms with E-state index in [1.807, 2.05) is 37.3 Å². The SMILES string of the molecule is Cc1ncc(CNC(=O)N(Cc2ccccc2)CC(C)(C)O)s1. The number of aliphatic hydroxyl groups is 1. The normalized spacial score (nSPS) is 11.3. The van der Waals surface area contributed by atoms with Crippen molar-refractivity contribution in [3.05, 3.63) is 52.0 Å². The quantitative estimate of drug-likeness (QED) is 0.854. The van der Waals surface area contributed by atoms with Gasteiger partial charge in [0.1, 0.15) is 0 Å². The molecule has 0 saturated heterocycles. The molecule has 23 heavy (non-hydrogen) atoms. The van der Waals surface area contributed by atoms with E-state index in [1.54, 1.807) is 36.3 Å². The highest BCUT2D eigenvalue weighted by molar-refractivity contribution is 7.11. The van der Waals surface area contributed by atoms with Crippen molar-refractivity contribution < 1.29 is 9.90 Å². The van der Waals surface area contributed by atoms with Gasteiger partial charge in [0.15, 0.2) is 0 Å². The van der Waals surface area contributed by atoms with Gasteiger partial charge in [-0.3, -0.25) is 0 Å². The molecule has 2 rings (SSSR count). The second kappa shape index (κ2) is 7.57. The number of amides is 2. The van der Waals surface area contributed by atoms with Crippen LogP contribution in [0.5, 0.6) is 0 Å². The molecule has 0 saturated carbocycles. The van der Waals surface area contributed by atoms with E-state index in [2.05, 4.69) is 10.3 Å². The van der Waals surface area contributed by atoms with Crippen LogP contribution in [0.1, 0.15) is 29.3 Å². The molecule has 5 nitrogen and oxygen atoms in total. The molecule has 2 aromatic rings. The maximum atomic E-state index is 12.5. The van der Waals surface area contributed by atoms with Gasteiger partial charge in [-0.05, 0) is 26.3 Å². The lowest BCUT2D eigenvalue weighted by Crippen LogP contribution is -2.46. The van der Waals surface area contributed by atoms with E-state index in [0.29, 0.717) is 13.1 Å². The average Bonchev–Trinajstić information content (AvgIpc) is 2.89. The van der Waals surface area contributed by atoms with E-state index in [-0.39, 0.29) is 12.6 Å². The Labute approximate surface area is 141 Å². The van der Waals surface area contributed by atoms with Crippen LogP contribution in [0.4, 0.5) is 4.79 Å². The molecular formula is C17H23N3O2S. The summed E-state index contributed by atoms with van der Waals surface area (Å²) in [6.07, 6.45) is 1.78. The molecule has 0 bridgehead atoms. The maximum absolute atomic E-state index is 12.5. The number of thiazole rings is 1. The number of nitrogens with zero attached hydrogens (tertiary/aromatic N) is 2. The molecule has 0 aliphatic heterocycles. The van der Waals surface area contributed by atoms with Crippen molar-refractivity contribution in [2.45, 2.75) is 39.5 Å². The maximum Gasteiger partial charge on any atom is 0.318 e. The van der Waals surface area contributed by atoms with E-state index in [9.17, 15) is 9.90 Å². The van der Waals surface area contributed by atoms with E-state index in [1.165, 1.54) is 0 Å². The minimum absolute atomic E-state index is 0.193. The number of nitrogens with one attached hydrogen (secondary N) is 1. The van der Waals surface area contributed by atoms with Gasteiger partial charge in [-0.2, -0.15) is 0 Å². The summed E-state index contributed by atoms with van der Waals surface area (Å²) in [6, 6.07) is 9.57. The lowest BCUT2D eigenvalue weighted by molar-refractivity contribution is 0.0446. The topological polar surface area (TPSA) is 65.5 Å². The third-order valence-corrected chi connectivity index (χ3v) is 4.08. The number of benzene rings is 1. The van der Waals surface area contributed by atoms with Gasteiger partial charge in [0.2, 0.25) is 0 Å². The number of rotatable bonds is 6. The summed E-state index contributed by atoms with van der Waals surface area (Å²) in [7, 11) is 0. The molecule has 0 unspecified atom stereocenters. The first-order chi connectivity index (χ1) is 10.8. The molecule has 2 N–H and O–H groups in total. The molecule has 6 heteroatoms. The Morgan fingerprint density at radius 3 is 2.61 bits per heavy atom. The molecule has 1 aromatic heterocycles. The summed E-state index contributed by atoms with van der Waals surface area (Å²) < 4.78 is 0. The minimum atomic E-state index is -0.951. The second-order valence-electron chi connectivity index (χ2n) is 6.16. The Balaban J connectivity index is 2.01. The summed E-state index contributed by atoms with van der Waals surface area (Å²) in [5, 5.41) is 14.0. The Kier molecular flexibility index (Phi) is 5.74. The van der Waals surface area contributed by atoms with Gasteiger partial charge in [0.05, 0.1) is 23.7 Å². The second-order valence-corrected chi connectivity index (χ2v) is 7.48. The highest BCUT2D eigenvalue weighted by Crippen LogP contribution is 2.13. The van der Waals surface area contributed by atoms with Crippen molar-refractivity contribution in [1.29, 1.82) is 0 Å². The zero-order valence-corrected chi connectivity index (χ0v) is 14.6. The van der Waals surface area contributed by atoms with Crippen LogP contribution < -0.4 is 5.32 Å². The monoisotopic (exact) mass is 333 g/mol. The standard InChI is InChI=1S/C17H23N3O2S/c1-13-18-9-15(23-13)10-19-16(21)20(12-17(2,3)22)11-14-7-5-4-6-8-14/h4-9,22H,10-12H2,1-3H3,(H,19,21). The summed E-state index contributed by atoms with van der Waals surface area (Å²) in [5.74, 6) is 0. The Bertz CT molecular complexity index is 635. The van der Waals surface area contributed by atoms with Crippen LogP contribution in [0.25, 0.3) is 0 Å². The molecular weight excluding hydrogens is 310 g/mol. The molecule has 0 fully saturated rings. The zero-order valence-electron chi connectivity index (χ0n) is 13.7. The summed E-state index contributed by atoms with van der Waals surface area (Å²) in [6.45, 7) is 6.50. The first kappa shape index (κ1) is 17.4. The van der Waals surface area contributed by atoms with Gasteiger partial charge in [-0.25, -0.2) is 9.78 Å². The molecule has 124 valence electrons. The summed E-state index contributed by atoms with van der Waals surface area (Å²) in [5.41, 5.74) is 0.0771. The van der Waals surface area contributed by atoms with E-state index in [4.69, 9.17) is 0 Å². The molecule has 0 aliphatic carbocycles. The first-order valence-corrected chi connectivity index (χ1v) is 8.35. The van der Waals surface area contributed by atoms with Crippen LogP contribution in [0.3, 0.4) is 0 Å². The van der Waals surface area contributed by atoms with E-state index >= 15 is 0 Å². The Morgan fingerprint density at radius 1 is 1.35 bits per heavy atom. The molecule has 0 radical (unpaired) electrons. The fraction of sp³-hybridized carbons (Fsp3) is 0.412. The number of hydrogen-bond acceptors (Lipinski definition) is 4. The molecule has 0 atom stereocenters. The van der Waals surface area contributed by atoms with Crippen molar-refractivity contribution in [3.8, 4) is 0 Å². The van der Waals surface area contributed by atoms with Crippen molar-refractivity contribution in [2.24, 2.45) is 0 Å². The third kappa shape index (κ3) is 6.00. The lowest BCUT2D eigenvalue weighted by Gasteiger charge is -2.29. The number of carbonyl (C=O) groups excluding carboxylic acids is 1. The zero-order chi connectivity index (χ0) is 16.9. The molecule has 0 aliphatic rings. The van der Waals surface area contributed by atoms with Gasteiger partial charge in [0, 0.05) is 17.6 Å². The number of aromatic nitrogens is 1. The Hall–Kier alpha value is -1.92. The van der Waals surface area contributed by atoms with Crippen LogP contribution in [-0.4, -0.2) is 33.2 Å². The molecule has 0 spiro atoms. The van der Waals surface area contributed by atoms with Gasteiger partial charge in [-0.15, -0.1) is 11.3 Å². The highest BCUT2D eigenvalue weighted by atomic mass is 32.1. The van der Waals surface area contributed by atoms with Crippen molar-refractivity contribution in [1.82, 2.24) is 15.2 Å². The van der Waals surface area contributed by atoms with Crippen molar-refractivity contribution in [2.75, 3.05) is 6.54 Å². The predicted molar refractivity (Wildman–Crippen MR) is 92.2 cm³/mol. The van der Waals surface area contributed by atoms with Crippen molar-refractivity contribution in [3.63, 3.8) is 0 Å². The largest absolute Gasteiger partial charge is 0.389 e. The number of aryl methyl sites for hydroxylation is 1. The predicted octanol–water partition coefficient (Wildman–Crippen LogP) is 2.93. The van der Waals surface area contributed by atoms with Crippen LogP contribution in [-0.2, 0) is 13.1 Å². The molecule has 1 heterocycles. The van der Waals surface area contributed by atoms with Gasteiger partial charge in [-0.1, -0.05) is 30.3 Å². The summed E-state index contributed by atoms with van der Waals surface area (Å²) in [4.78, 5) is 19.3. The van der Waals surface area contributed by atoms with Crippen molar-refractivity contribution >= 4 is 17.4 Å². The van der Waals surface area contributed by atoms with E-state index in [0.717, 1.165) is 15.4 Å². The van der Waals surface area contributed by atoms with Crippen LogP contribution in [0, 0.1) is 6.92 Å². The number of hydrogen-bond donors (Lipinski definition) is 2. The van der Waals surface area contributed by atoms with E-state index < -0.39 is 5.60 Å². The first-order valence-electron chi connectivity index (χ1n) is 7.54. The smallest absolute Gasteiger partial charge is 0.318 e. The van der Waals surface area contributed by atoms with Crippen LogP contribution >= 0.6 is 11.3 Å². The van der Waals surface area contributed by atoms with Gasteiger partial charge >= 0.3 is 6.03 Å². The number of urea groups is 1. The van der Waals surface area contributed by atoms with Gasteiger partial charge < -0.3 is 15.3 Å². The summed E-state index contributed by atoms with van der Waals surface area (Å²) >= 11 is 1.56. The minimum Gasteiger partial charge on any atom is -0.389 e. The number of carbonyl (C=O) groups is 1. The fourth-order valence-electron chi connectivity index (χ4n) is 2.23. The Morgan fingerprint density at radius 2 is 2.04 bits per heavy atom. The third-order valence-electron chi connectivity index (χ3n) is 3.16. The lowest BCUT2D eigenvalue weighted by atomic mass is 10.1. The fourth-order valence-corrected chi connectivity index (χ4v) is 2.97. The average molecular weight is 333 g/mol. The highest BCUT2D eigenvalue weighted by Gasteiger charge is 2.22. The van der Waals surface area contributed by atoms with Crippen LogP contribution in [0.2, 0.25) is 0 Å². The molecule has 1 aromatic carbocycles. The van der Waals surface area contributed by atoms with Gasteiger partial charge in [0.25, 0.3) is 0 Å². The molecule has 2 amide bonds. The van der Waals surface area contributed by atoms with Crippen LogP contribution in [0.15, 0.2) is 36.5 Å².